The zero-order chi connectivity index (χ0) is 11.0. The van der Waals surface area contributed by atoms with Crippen LogP contribution < -0.4 is 5.48 Å². The number of hydroxylamine groups is 1. The molecule has 1 amide bonds. The van der Waals surface area contributed by atoms with Gasteiger partial charge in [0, 0.05) is 11.4 Å². The van der Waals surface area contributed by atoms with Crippen LogP contribution in [0.2, 0.25) is 0 Å². The zero-order valence-corrected chi connectivity index (χ0v) is 8.58. The van der Waals surface area contributed by atoms with Crippen LogP contribution in [0.4, 0.5) is 0 Å². The summed E-state index contributed by atoms with van der Waals surface area (Å²) in [5, 5.41) is 17.4. The number of amides is 1. The van der Waals surface area contributed by atoms with E-state index in [4.69, 9.17) is 10.3 Å². The molecule has 0 saturated carbocycles. The highest BCUT2D eigenvalue weighted by Gasteiger charge is 2.47. The van der Waals surface area contributed by atoms with E-state index in [0.717, 1.165) is 0 Å². The van der Waals surface area contributed by atoms with Crippen molar-refractivity contribution in [3.63, 3.8) is 0 Å². The Morgan fingerprint density at radius 3 is 2.93 bits per heavy atom. The van der Waals surface area contributed by atoms with Gasteiger partial charge in [-0.2, -0.15) is 0 Å². The molecule has 6 nitrogen and oxygen atoms in total. The van der Waals surface area contributed by atoms with Gasteiger partial charge in [-0.25, -0.2) is 10.3 Å². The fourth-order valence-electron chi connectivity index (χ4n) is 1.67. The normalized spacial score (nSPS) is 24.2. The van der Waals surface area contributed by atoms with Crippen molar-refractivity contribution >= 4 is 23.6 Å². The van der Waals surface area contributed by atoms with Gasteiger partial charge >= 0.3 is 5.97 Å². The third-order valence-electron chi connectivity index (χ3n) is 2.36. The van der Waals surface area contributed by atoms with Gasteiger partial charge in [-0.3, -0.25) is 9.69 Å². The Kier molecular flexibility index (Phi) is 2.68. The van der Waals surface area contributed by atoms with Gasteiger partial charge in [0.2, 0.25) is 5.91 Å². The van der Waals surface area contributed by atoms with E-state index in [2.05, 4.69) is 0 Å². The highest BCUT2D eigenvalue weighted by atomic mass is 32.2. The minimum atomic E-state index is -1.08. The summed E-state index contributed by atoms with van der Waals surface area (Å²) in [7, 11) is 0. The number of thioether (sulfide) groups is 1. The summed E-state index contributed by atoms with van der Waals surface area (Å²) in [6.07, 6.45) is 0.820. The molecule has 0 aliphatic carbocycles. The summed E-state index contributed by atoms with van der Waals surface area (Å²) in [6, 6.07) is 0. The van der Waals surface area contributed by atoms with Crippen molar-refractivity contribution in [1.29, 1.82) is 0 Å². The topological polar surface area (TPSA) is 89.9 Å². The number of nitrogens with one attached hydrogen (secondary N) is 1. The molecule has 0 aromatic heterocycles. The van der Waals surface area contributed by atoms with Gasteiger partial charge in [-0.15, -0.1) is 11.8 Å². The first-order chi connectivity index (χ1) is 7.15. The van der Waals surface area contributed by atoms with Gasteiger partial charge in [0.05, 0.1) is 11.8 Å². The Hall–Kier alpha value is -1.05. The third kappa shape index (κ3) is 1.62. The van der Waals surface area contributed by atoms with E-state index in [0.29, 0.717) is 17.7 Å². The lowest BCUT2D eigenvalue weighted by molar-refractivity contribution is -0.145. The maximum absolute atomic E-state index is 11.2. The first kappa shape index (κ1) is 10.5. The molecule has 3 N–H and O–H groups in total. The molecule has 0 spiro atoms. The molecule has 2 aliphatic heterocycles. The van der Waals surface area contributed by atoms with E-state index in [1.165, 1.54) is 16.7 Å². The van der Waals surface area contributed by atoms with E-state index in [1.807, 2.05) is 5.48 Å². The van der Waals surface area contributed by atoms with Crippen LogP contribution >= 0.6 is 11.8 Å². The quantitative estimate of drug-likeness (QED) is 0.463. The van der Waals surface area contributed by atoms with Crippen LogP contribution in [0.1, 0.15) is 12.8 Å². The Bertz CT molecular complexity index is 355. The highest BCUT2D eigenvalue weighted by Crippen LogP contribution is 2.46. The maximum Gasteiger partial charge on any atom is 0.353 e. The average Bonchev–Trinajstić information content (AvgIpc) is 2.47. The maximum atomic E-state index is 11.2. The summed E-state index contributed by atoms with van der Waals surface area (Å²) in [4.78, 5) is 24.1. The highest BCUT2D eigenvalue weighted by molar-refractivity contribution is 8.04. The van der Waals surface area contributed by atoms with Crippen LogP contribution in [0.15, 0.2) is 10.6 Å². The van der Waals surface area contributed by atoms with Gasteiger partial charge in [-0.05, 0) is 6.42 Å². The van der Waals surface area contributed by atoms with Crippen LogP contribution in [0.25, 0.3) is 0 Å². The number of fused-ring (bicyclic) bond motifs is 1. The number of hydrogen-bond donors (Lipinski definition) is 3. The summed E-state index contributed by atoms with van der Waals surface area (Å²) < 4.78 is 0. The van der Waals surface area contributed by atoms with E-state index < -0.39 is 5.97 Å². The van der Waals surface area contributed by atoms with Gasteiger partial charge in [0.25, 0.3) is 0 Å². The molecule has 2 heterocycles. The van der Waals surface area contributed by atoms with Gasteiger partial charge in [0.1, 0.15) is 5.70 Å². The second-order valence-electron chi connectivity index (χ2n) is 3.28. The Labute approximate surface area is 89.9 Å². The molecule has 0 aromatic rings. The third-order valence-corrected chi connectivity index (χ3v) is 3.69. The summed E-state index contributed by atoms with van der Waals surface area (Å²) in [6.45, 7) is 0.286. The number of carboxylic acids is 1. The Morgan fingerprint density at radius 1 is 1.67 bits per heavy atom. The molecule has 0 bridgehead atoms. The lowest BCUT2D eigenvalue weighted by Crippen LogP contribution is -2.48. The fraction of sp³-hybridized carbons (Fsp3) is 0.500. The molecule has 1 saturated heterocycles. The fourth-order valence-corrected chi connectivity index (χ4v) is 3.07. The largest absolute Gasteiger partial charge is 0.477 e. The standard InChI is InChI=1S/C8H10N2O4S/c11-5-3-6-10(5)7(8(12)13)4(15-6)1-2-9-14/h6,9,14H,1-3H2,(H,12,13)/t6-/m1/s1. The van der Waals surface area contributed by atoms with E-state index in [9.17, 15) is 9.59 Å². The number of aliphatic carboxylic acids is 1. The lowest BCUT2D eigenvalue weighted by atomic mass is 10.1. The van der Waals surface area contributed by atoms with Crippen molar-refractivity contribution in [2.45, 2.75) is 18.2 Å². The summed E-state index contributed by atoms with van der Waals surface area (Å²) >= 11 is 1.39. The van der Waals surface area contributed by atoms with Crippen molar-refractivity contribution in [2.24, 2.45) is 0 Å². The predicted molar refractivity (Wildman–Crippen MR) is 51.9 cm³/mol. The molecule has 0 radical (unpaired) electrons. The van der Waals surface area contributed by atoms with Crippen molar-refractivity contribution in [3.8, 4) is 0 Å². The number of nitrogens with zero attached hydrogens (tertiary/aromatic N) is 1. The van der Waals surface area contributed by atoms with Gasteiger partial charge in [0.15, 0.2) is 0 Å². The molecule has 2 rings (SSSR count). The van der Waals surface area contributed by atoms with E-state index in [-0.39, 0.29) is 23.5 Å². The van der Waals surface area contributed by atoms with Crippen LogP contribution in [0.3, 0.4) is 0 Å². The minimum absolute atomic E-state index is 0.0442. The van der Waals surface area contributed by atoms with Crippen LogP contribution in [0.5, 0.6) is 0 Å². The smallest absolute Gasteiger partial charge is 0.353 e. The average molecular weight is 230 g/mol. The summed E-state index contributed by atoms with van der Waals surface area (Å²) in [5.74, 6) is -1.22. The van der Waals surface area contributed by atoms with Gasteiger partial charge < -0.3 is 10.3 Å². The van der Waals surface area contributed by atoms with Gasteiger partial charge in [-0.1, -0.05) is 0 Å². The monoisotopic (exact) mass is 230 g/mol. The predicted octanol–water partition coefficient (Wildman–Crippen LogP) is -0.0433. The second-order valence-corrected chi connectivity index (χ2v) is 4.55. The molecule has 15 heavy (non-hydrogen) atoms. The Morgan fingerprint density at radius 2 is 2.40 bits per heavy atom. The molecule has 0 unspecified atom stereocenters. The number of β-lactam (4-membered cyclic amide) rings is 1. The van der Waals surface area contributed by atoms with Crippen molar-refractivity contribution in [2.75, 3.05) is 6.54 Å². The molecule has 1 fully saturated rings. The molecule has 82 valence electrons. The van der Waals surface area contributed by atoms with E-state index >= 15 is 0 Å². The van der Waals surface area contributed by atoms with Crippen LogP contribution in [0, 0.1) is 0 Å². The number of carbonyl (C=O) groups is 2. The SMILES string of the molecule is O=C(O)C1=C(CCNO)S[C@@H]2CC(=O)N12. The molecular formula is C8H10N2O4S. The number of rotatable bonds is 4. The lowest BCUT2D eigenvalue weighted by Gasteiger charge is -2.33. The zero-order valence-electron chi connectivity index (χ0n) is 7.77. The van der Waals surface area contributed by atoms with Crippen molar-refractivity contribution in [3.05, 3.63) is 10.6 Å². The molecule has 0 aromatic carbocycles. The van der Waals surface area contributed by atoms with Crippen molar-refractivity contribution < 1.29 is 19.9 Å². The second kappa shape index (κ2) is 3.84. The van der Waals surface area contributed by atoms with E-state index in [1.54, 1.807) is 0 Å². The number of hydrogen-bond acceptors (Lipinski definition) is 5. The summed E-state index contributed by atoms with van der Waals surface area (Å²) in [5.41, 5.74) is 2.05. The minimum Gasteiger partial charge on any atom is -0.477 e. The molecular weight excluding hydrogens is 220 g/mol. The van der Waals surface area contributed by atoms with Crippen molar-refractivity contribution in [1.82, 2.24) is 10.4 Å². The number of carbonyl (C=O) groups excluding carboxylic acids is 1. The first-order valence-corrected chi connectivity index (χ1v) is 5.35. The first-order valence-electron chi connectivity index (χ1n) is 4.47. The molecule has 7 heteroatoms. The molecule has 2 aliphatic rings. The molecule has 1 atom stereocenters. The Balaban J connectivity index is 2.19. The van der Waals surface area contributed by atoms with Crippen LogP contribution in [-0.4, -0.2) is 39.0 Å². The van der Waals surface area contributed by atoms with Crippen LogP contribution in [-0.2, 0) is 9.59 Å². The number of carboxylic acid groups (broad SMARTS) is 1.